The summed E-state index contributed by atoms with van der Waals surface area (Å²) in [5.74, 6) is 0.761. The highest BCUT2D eigenvalue weighted by atomic mass is 32.2. The number of ether oxygens (including phenoxy) is 1. The van der Waals surface area contributed by atoms with Gasteiger partial charge in [-0.05, 0) is 6.92 Å². The third-order valence-corrected chi connectivity index (χ3v) is 2.09. The van der Waals surface area contributed by atoms with E-state index >= 15 is 0 Å². The summed E-state index contributed by atoms with van der Waals surface area (Å²) in [6, 6.07) is 1.82. The molecule has 3 nitrogen and oxygen atoms in total. The fourth-order valence-electron chi connectivity index (χ4n) is 0.657. The molecule has 0 spiro atoms. The molecule has 0 aliphatic rings. The molecule has 0 fully saturated rings. The predicted octanol–water partition coefficient (Wildman–Crippen LogP) is 0.909. The Morgan fingerprint density at radius 1 is 1.82 bits per heavy atom. The number of aliphatic hydroxyl groups is 1. The van der Waals surface area contributed by atoms with Gasteiger partial charge in [-0.3, -0.25) is 0 Å². The zero-order valence-electron chi connectivity index (χ0n) is 6.36. The highest BCUT2D eigenvalue weighted by Crippen LogP contribution is 2.20. The Bertz CT molecular complexity index is 222. The molecule has 0 aliphatic heterocycles. The van der Waals surface area contributed by atoms with Gasteiger partial charge in [0.1, 0.15) is 6.61 Å². The van der Waals surface area contributed by atoms with Gasteiger partial charge in [-0.1, -0.05) is 0 Å². The van der Waals surface area contributed by atoms with Crippen LogP contribution in [0.4, 0.5) is 0 Å². The van der Waals surface area contributed by atoms with Crippen LogP contribution in [0.2, 0.25) is 0 Å². The van der Waals surface area contributed by atoms with Crippen LogP contribution < -0.4 is 9.88 Å². The molecule has 1 rings (SSSR count). The van der Waals surface area contributed by atoms with Crippen molar-refractivity contribution in [3.63, 3.8) is 0 Å². The van der Waals surface area contributed by atoms with E-state index in [-0.39, 0.29) is 10.7 Å². The van der Waals surface area contributed by atoms with Crippen molar-refractivity contribution >= 4 is 10.7 Å². The molecule has 1 aromatic rings. The first-order chi connectivity index (χ1) is 5.18. The minimum atomic E-state index is -0.426. The highest BCUT2D eigenvalue weighted by Gasteiger charge is 2.04. The van der Waals surface area contributed by atoms with Gasteiger partial charge in [0.2, 0.25) is 5.38 Å². The molecule has 0 amide bonds. The van der Waals surface area contributed by atoms with Gasteiger partial charge in [-0.2, -0.15) is 0 Å². The minimum Gasteiger partial charge on any atom is -0.486 e. The lowest BCUT2D eigenvalue weighted by atomic mass is 10.4. The number of nitrogen functional groups attached to an aromatic ring is 1. The predicted molar refractivity (Wildman–Crippen MR) is 46.2 cm³/mol. The Kier molecular flexibility index (Phi) is 2.87. The molecule has 62 valence electrons. The molecule has 0 aromatic carbocycles. The van der Waals surface area contributed by atoms with Crippen molar-refractivity contribution in [3.8, 4) is 5.75 Å². The zero-order chi connectivity index (χ0) is 8.27. The average molecular weight is 174 g/mol. The summed E-state index contributed by atoms with van der Waals surface area (Å²) in [6.07, 6.45) is -0.426. The SMILES string of the molecule is CC(O)COc1cc[s+](N)c1. The van der Waals surface area contributed by atoms with Crippen LogP contribution in [0.25, 0.3) is 0 Å². The molecule has 2 unspecified atom stereocenters. The quantitative estimate of drug-likeness (QED) is 0.670. The molecule has 1 aromatic heterocycles. The third kappa shape index (κ3) is 2.88. The lowest BCUT2D eigenvalue weighted by Gasteiger charge is -2.03. The Labute approximate surface area is 68.5 Å². The van der Waals surface area contributed by atoms with E-state index in [1.807, 2.05) is 16.8 Å². The number of rotatable bonds is 3. The molecule has 1 heterocycles. The summed E-state index contributed by atoms with van der Waals surface area (Å²) in [5, 5.41) is 18.1. The van der Waals surface area contributed by atoms with E-state index < -0.39 is 6.10 Å². The molecule has 0 saturated heterocycles. The van der Waals surface area contributed by atoms with Gasteiger partial charge in [-0.15, -0.1) is 5.14 Å². The normalized spacial score (nSPS) is 14.6. The Morgan fingerprint density at radius 3 is 3.00 bits per heavy atom. The lowest BCUT2D eigenvalue weighted by Crippen LogP contribution is -2.12. The van der Waals surface area contributed by atoms with Crippen LogP contribution in [-0.2, 0) is 0 Å². The molecule has 0 bridgehead atoms. The van der Waals surface area contributed by atoms with Gasteiger partial charge in [0.05, 0.1) is 16.8 Å². The summed E-state index contributed by atoms with van der Waals surface area (Å²) in [5.41, 5.74) is 0. The summed E-state index contributed by atoms with van der Waals surface area (Å²) in [6.45, 7) is 2.01. The molecule has 0 radical (unpaired) electrons. The van der Waals surface area contributed by atoms with E-state index in [9.17, 15) is 0 Å². The van der Waals surface area contributed by atoms with Gasteiger partial charge < -0.3 is 9.84 Å². The molecular weight excluding hydrogens is 162 g/mol. The van der Waals surface area contributed by atoms with Crippen molar-refractivity contribution in [2.45, 2.75) is 13.0 Å². The Balaban J connectivity index is 2.39. The maximum absolute atomic E-state index is 8.87. The van der Waals surface area contributed by atoms with E-state index in [0.717, 1.165) is 5.75 Å². The van der Waals surface area contributed by atoms with Crippen molar-refractivity contribution in [1.29, 1.82) is 0 Å². The van der Waals surface area contributed by atoms with Gasteiger partial charge >= 0.3 is 0 Å². The van der Waals surface area contributed by atoms with Crippen LogP contribution in [0.3, 0.4) is 0 Å². The van der Waals surface area contributed by atoms with E-state index in [2.05, 4.69) is 0 Å². The molecule has 11 heavy (non-hydrogen) atoms. The van der Waals surface area contributed by atoms with Crippen LogP contribution in [0.15, 0.2) is 16.8 Å². The second-order valence-corrected chi connectivity index (χ2v) is 3.72. The molecule has 2 atom stereocenters. The van der Waals surface area contributed by atoms with Crippen LogP contribution in [0.1, 0.15) is 6.92 Å². The van der Waals surface area contributed by atoms with E-state index in [0.29, 0.717) is 6.61 Å². The maximum Gasteiger partial charge on any atom is 0.201 e. The van der Waals surface area contributed by atoms with E-state index in [1.165, 1.54) is 0 Å². The van der Waals surface area contributed by atoms with Crippen molar-refractivity contribution < 1.29 is 9.84 Å². The van der Waals surface area contributed by atoms with Gasteiger partial charge in [0, 0.05) is 6.07 Å². The Morgan fingerprint density at radius 2 is 2.55 bits per heavy atom. The summed E-state index contributed by atoms with van der Waals surface area (Å²) in [4.78, 5) is 0. The first-order valence-electron chi connectivity index (χ1n) is 3.35. The fourth-order valence-corrected chi connectivity index (χ4v) is 1.44. The van der Waals surface area contributed by atoms with Gasteiger partial charge in [0.25, 0.3) is 0 Å². The summed E-state index contributed by atoms with van der Waals surface area (Å²) < 4.78 is 5.19. The second-order valence-electron chi connectivity index (χ2n) is 2.39. The maximum atomic E-state index is 8.87. The van der Waals surface area contributed by atoms with Crippen LogP contribution >= 0.6 is 10.7 Å². The van der Waals surface area contributed by atoms with Crippen molar-refractivity contribution in [2.24, 2.45) is 0 Å². The first kappa shape index (κ1) is 8.52. The fraction of sp³-hybridized carbons (Fsp3) is 0.429. The molecule has 0 aliphatic carbocycles. The second kappa shape index (κ2) is 3.71. The van der Waals surface area contributed by atoms with E-state index in [4.69, 9.17) is 15.0 Å². The number of aliphatic hydroxyl groups excluding tert-OH is 1. The van der Waals surface area contributed by atoms with E-state index in [1.54, 1.807) is 6.92 Å². The zero-order valence-corrected chi connectivity index (χ0v) is 7.17. The molecule has 4 heteroatoms. The van der Waals surface area contributed by atoms with Crippen molar-refractivity contribution in [1.82, 2.24) is 0 Å². The lowest BCUT2D eigenvalue weighted by molar-refractivity contribution is 0.123. The third-order valence-electron chi connectivity index (χ3n) is 1.13. The van der Waals surface area contributed by atoms with Crippen molar-refractivity contribution in [2.75, 3.05) is 11.7 Å². The smallest absolute Gasteiger partial charge is 0.201 e. The number of hydrogen-bond donors (Lipinski definition) is 2. The van der Waals surface area contributed by atoms with Gasteiger partial charge in [0.15, 0.2) is 11.1 Å². The standard InChI is InChI=1S/C7H12NO2S/c1-6(9)4-10-7-2-3-11(8)5-7/h2-3,5-6,9H,4,8H2,1H3/q+1. The number of thiophene rings is 1. The summed E-state index contributed by atoms with van der Waals surface area (Å²) >= 11 is 0. The minimum absolute atomic E-state index is 0.267. The topological polar surface area (TPSA) is 55.5 Å². The molecular formula is C7H12NO2S+. The molecule has 3 N–H and O–H groups in total. The monoisotopic (exact) mass is 174 g/mol. The largest absolute Gasteiger partial charge is 0.486 e. The number of nitrogens with two attached hydrogens (primary N) is 1. The van der Waals surface area contributed by atoms with Gasteiger partial charge in [-0.25, -0.2) is 0 Å². The Hall–Kier alpha value is -0.580. The molecule has 0 saturated carbocycles. The van der Waals surface area contributed by atoms with Crippen LogP contribution in [0.5, 0.6) is 5.75 Å². The van der Waals surface area contributed by atoms with Crippen LogP contribution in [0, 0.1) is 0 Å². The summed E-state index contributed by atoms with van der Waals surface area (Å²) in [7, 11) is -0.267. The highest BCUT2D eigenvalue weighted by molar-refractivity contribution is 7.28. The average Bonchev–Trinajstić information content (AvgIpc) is 2.31. The number of hydrogen-bond acceptors (Lipinski definition) is 3. The first-order valence-corrected chi connectivity index (χ1v) is 4.77. The van der Waals surface area contributed by atoms with Crippen molar-refractivity contribution in [3.05, 3.63) is 16.8 Å². The van der Waals surface area contributed by atoms with Crippen LogP contribution in [-0.4, -0.2) is 17.8 Å².